The molecule has 0 aliphatic heterocycles. The number of hydrogen-bond donors (Lipinski definition) is 3. The van der Waals surface area contributed by atoms with Crippen molar-refractivity contribution >= 4 is 26.9 Å². The maximum absolute atomic E-state index is 9.94. The molecule has 20 heavy (non-hydrogen) atoms. The lowest BCUT2D eigenvalue weighted by Crippen LogP contribution is -1.81. The molecule has 0 aliphatic carbocycles. The molecule has 0 atom stereocenters. The Morgan fingerprint density at radius 3 is 2.30 bits per heavy atom. The number of phenols is 3. The van der Waals surface area contributed by atoms with Crippen LogP contribution in [0.4, 0.5) is 0 Å². The summed E-state index contributed by atoms with van der Waals surface area (Å²) in [5.41, 5.74) is 1.15. The van der Waals surface area contributed by atoms with Gasteiger partial charge in [-0.05, 0) is 46.3 Å². The Kier molecular flexibility index (Phi) is 2.99. The van der Waals surface area contributed by atoms with Crippen LogP contribution in [0.5, 0.6) is 17.2 Å². The fraction of sp³-hybridized carbons (Fsp3) is 0. The summed E-state index contributed by atoms with van der Waals surface area (Å²) < 4.78 is 5.92. The number of phenolic OH excluding ortho intramolecular Hbond substituents is 3. The number of fused-ring (bicyclic) bond motifs is 1. The number of halogens is 1. The Bertz CT molecular complexity index is 797. The summed E-state index contributed by atoms with van der Waals surface area (Å²) in [5.74, 6) is 0.579. The zero-order valence-electron chi connectivity index (χ0n) is 10.2. The summed E-state index contributed by atoms with van der Waals surface area (Å²) >= 11 is 3.10. The van der Waals surface area contributed by atoms with E-state index < -0.39 is 0 Å². The fourth-order valence-electron chi connectivity index (χ4n) is 1.96. The minimum absolute atomic E-state index is 0.0685. The summed E-state index contributed by atoms with van der Waals surface area (Å²) in [6, 6.07) is 11.4. The van der Waals surface area contributed by atoms with E-state index in [2.05, 4.69) is 15.9 Å². The van der Waals surface area contributed by atoms with E-state index in [1.165, 1.54) is 6.07 Å². The molecule has 0 radical (unpaired) electrons. The van der Waals surface area contributed by atoms with E-state index in [4.69, 9.17) is 4.42 Å². The van der Waals surface area contributed by atoms with Crippen molar-refractivity contribution in [3.8, 4) is 28.6 Å². The lowest BCUT2D eigenvalue weighted by Gasteiger charge is -2.00. The molecule has 0 spiro atoms. The molecule has 2 aromatic carbocycles. The SMILES string of the molecule is Oc1ccc(-c2ccc3c(O)c(Br)c(O)cc3[o+]2)cc1. The molecule has 3 N–H and O–H groups in total. The Labute approximate surface area is 122 Å². The number of rotatable bonds is 1. The first-order valence-electron chi connectivity index (χ1n) is 5.83. The molecule has 0 fully saturated rings. The van der Waals surface area contributed by atoms with E-state index >= 15 is 0 Å². The van der Waals surface area contributed by atoms with Crippen LogP contribution >= 0.6 is 15.9 Å². The zero-order chi connectivity index (χ0) is 14.3. The van der Waals surface area contributed by atoms with E-state index in [0.717, 1.165) is 5.56 Å². The van der Waals surface area contributed by atoms with Gasteiger partial charge in [-0.3, -0.25) is 0 Å². The monoisotopic (exact) mass is 333 g/mol. The summed E-state index contributed by atoms with van der Waals surface area (Å²) in [6.07, 6.45) is 0. The Hall–Kier alpha value is -2.27. The molecule has 1 heterocycles. The van der Waals surface area contributed by atoms with Crippen molar-refractivity contribution in [2.45, 2.75) is 0 Å². The van der Waals surface area contributed by atoms with Crippen molar-refractivity contribution < 1.29 is 19.7 Å². The number of hydrogen-bond acceptors (Lipinski definition) is 3. The average molecular weight is 334 g/mol. The van der Waals surface area contributed by atoms with Crippen molar-refractivity contribution in [1.29, 1.82) is 0 Å². The first-order valence-corrected chi connectivity index (χ1v) is 6.62. The highest BCUT2D eigenvalue weighted by molar-refractivity contribution is 9.10. The lowest BCUT2D eigenvalue weighted by atomic mass is 10.1. The average Bonchev–Trinajstić information content (AvgIpc) is 2.45. The summed E-state index contributed by atoms with van der Waals surface area (Å²) in [5, 5.41) is 29.4. The topological polar surface area (TPSA) is 72.0 Å². The van der Waals surface area contributed by atoms with E-state index in [1.54, 1.807) is 36.4 Å². The Balaban J connectivity index is 2.20. The van der Waals surface area contributed by atoms with Crippen LogP contribution in [0.1, 0.15) is 0 Å². The van der Waals surface area contributed by atoms with Gasteiger partial charge in [0.1, 0.15) is 27.1 Å². The van der Waals surface area contributed by atoms with Gasteiger partial charge < -0.3 is 15.3 Å². The second kappa shape index (κ2) is 4.68. The molecular weight excluding hydrogens is 324 g/mol. The molecule has 5 heteroatoms. The van der Waals surface area contributed by atoms with Gasteiger partial charge in [0, 0.05) is 6.07 Å². The van der Waals surface area contributed by atoms with Gasteiger partial charge in [-0.15, -0.1) is 0 Å². The van der Waals surface area contributed by atoms with Crippen molar-refractivity contribution in [1.82, 2.24) is 0 Å². The maximum atomic E-state index is 9.94. The van der Waals surface area contributed by atoms with E-state index in [-0.39, 0.29) is 21.7 Å². The maximum Gasteiger partial charge on any atom is 0.368 e. The number of aromatic hydroxyl groups is 3. The van der Waals surface area contributed by atoms with Gasteiger partial charge in [-0.25, -0.2) is 4.42 Å². The van der Waals surface area contributed by atoms with Gasteiger partial charge in [-0.1, -0.05) is 0 Å². The Morgan fingerprint density at radius 2 is 1.60 bits per heavy atom. The quantitative estimate of drug-likeness (QED) is 0.582. The van der Waals surface area contributed by atoms with Crippen LogP contribution in [0, 0.1) is 0 Å². The second-order valence-electron chi connectivity index (χ2n) is 4.32. The molecule has 0 saturated carbocycles. The van der Waals surface area contributed by atoms with Crippen LogP contribution in [-0.2, 0) is 0 Å². The molecule has 0 aliphatic rings. The summed E-state index contributed by atoms with van der Waals surface area (Å²) in [7, 11) is 0. The Morgan fingerprint density at radius 1 is 0.900 bits per heavy atom. The second-order valence-corrected chi connectivity index (χ2v) is 5.11. The van der Waals surface area contributed by atoms with Gasteiger partial charge in [0.25, 0.3) is 0 Å². The molecule has 3 aromatic rings. The summed E-state index contributed by atoms with van der Waals surface area (Å²) in [4.78, 5) is 0. The van der Waals surface area contributed by atoms with Crippen LogP contribution in [0.2, 0.25) is 0 Å². The minimum Gasteiger partial charge on any atom is -0.508 e. The van der Waals surface area contributed by atoms with Crippen molar-refractivity contribution in [2.75, 3.05) is 0 Å². The van der Waals surface area contributed by atoms with E-state index in [0.29, 0.717) is 16.7 Å². The predicted octanol–water partition coefficient (Wildman–Crippen LogP) is 4.26. The van der Waals surface area contributed by atoms with Gasteiger partial charge >= 0.3 is 11.3 Å². The first-order chi connectivity index (χ1) is 9.56. The minimum atomic E-state index is -0.0957. The van der Waals surface area contributed by atoms with Gasteiger partial charge in [0.2, 0.25) is 0 Å². The molecule has 1 aromatic heterocycles. The van der Waals surface area contributed by atoms with E-state index in [9.17, 15) is 15.3 Å². The molecule has 0 unspecified atom stereocenters. The van der Waals surface area contributed by atoms with Gasteiger partial charge in [-0.2, -0.15) is 0 Å². The smallest absolute Gasteiger partial charge is 0.368 e. The molecule has 0 saturated heterocycles. The van der Waals surface area contributed by atoms with Crippen molar-refractivity contribution in [3.63, 3.8) is 0 Å². The lowest BCUT2D eigenvalue weighted by molar-refractivity contribution is 0.446. The van der Waals surface area contributed by atoms with Gasteiger partial charge in [0.05, 0.1) is 11.6 Å². The highest BCUT2D eigenvalue weighted by Gasteiger charge is 2.20. The number of benzene rings is 2. The molecule has 3 rings (SSSR count). The highest BCUT2D eigenvalue weighted by atomic mass is 79.9. The van der Waals surface area contributed by atoms with Crippen molar-refractivity contribution in [2.24, 2.45) is 0 Å². The van der Waals surface area contributed by atoms with Crippen LogP contribution in [0.3, 0.4) is 0 Å². The van der Waals surface area contributed by atoms with Gasteiger partial charge in [0.15, 0.2) is 0 Å². The standard InChI is InChI=1S/C15H9BrO4/c16-14-11(18)7-13-10(15(14)19)5-6-12(20-13)8-1-3-9(17)4-2-8/h1-7H,(H2-,17,18,19)/p+1. The van der Waals surface area contributed by atoms with Crippen LogP contribution < -0.4 is 0 Å². The van der Waals surface area contributed by atoms with Crippen LogP contribution in [-0.4, -0.2) is 15.3 Å². The third-order valence-corrected chi connectivity index (χ3v) is 3.78. The zero-order valence-corrected chi connectivity index (χ0v) is 11.8. The third kappa shape index (κ3) is 2.06. The van der Waals surface area contributed by atoms with Crippen LogP contribution in [0.25, 0.3) is 22.3 Å². The van der Waals surface area contributed by atoms with E-state index in [1.807, 2.05) is 0 Å². The first kappa shape index (κ1) is 12.7. The fourth-order valence-corrected chi connectivity index (χ4v) is 2.29. The molecular formula is C15H10BrO4+. The summed E-state index contributed by atoms with van der Waals surface area (Å²) in [6.45, 7) is 0. The largest absolute Gasteiger partial charge is 0.508 e. The highest BCUT2D eigenvalue weighted by Crippen LogP contribution is 2.40. The van der Waals surface area contributed by atoms with Crippen molar-refractivity contribution in [3.05, 3.63) is 46.9 Å². The third-order valence-electron chi connectivity index (χ3n) is 2.99. The molecule has 4 nitrogen and oxygen atoms in total. The van der Waals surface area contributed by atoms with Crippen LogP contribution in [0.15, 0.2) is 51.4 Å². The normalized spacial score (nSPS) is 10.8. The predicted molar refractivity (Wildman–Crippen MR) is 78.8 cm³/mol. The molecule has 0 amide bonds. The molecule has 100 valence electrons. The molecule has 0 bridgehead atoms.